The second-order valence-electron chi connectivity index (χ2n) is 13.7. The summed E-state index contributed by atoms with van der Waals surface area (Å²) in [5, 5.41) is 5.67. The molecule has 0 saturated carbocycles. The molecule has 0 aliphatic carbocycles. The number of para-hydroxylation sites is 1. The molecule has 11 rings (SSSR count). The van der Waals surface area contributed by atoms with E-state index in [2.05, 4.69) is 170 Å². The lowest BCUT2D eigenvalue weighted by atomic mass is 9.92. The quantitative estimate of drug-likeness (QED) is 0.179. The summed E-state index contributed by atoms with van der Waals surface area (Å²) in [6, 6.07) is 64.4. The highest BCUT2D eigenvalue weighted by atomic mass is 32.1. The number of fused-ring (bicyclic) bond motifs is 7. The van der Waals surface area contributed by atoms with Crippen molar-refractivity contribution in [3.63, 3.8) is 0 Å². The second-order valence-corrected chi connectivity index (χ2v) is 14.8. The molecule has 0 spiro atoms. The normalized spacial score (nSPS) is 11.7. The Hall–Kier alpha value is -6.88. The standard InChI is InChI=1S/C50H30N2OS/c1-2-13-33(14-3-1)38-16-6-7-17-39(38)37-29-42(46-40-18-8-10-20-43(40)53-44(46)30-37)50-51-47(49-48(52-50)41-19-9-11-21-45(41)54-49)34-25-22-32(23-26-34)36-27-24-31-12-4-5-15-35(31)28-36/h1-30H. The molecule has 11 aromatic rings. The molecule has 0 unspecified atom stereocenters. The Morgan fingerprint density at radius 1 is 0.407 bits per heavy atom. The largest absolute Gasteiger partial charge is 0.456 e. The molecule has 0 N–H and O–H groups in total. The highest BCUT2D eigenvalue weighted by molar-refractivity contribution is 7.26. The molecule has 252 valence electrons. The van der Waals surface area contributed by atoms with Gasteiger partial charge in [-0.1, -0.05) is 152 Å². The third-order valence-electron chi connectivity index (χ3n) is 10.5. The molecule has 0 aliphatic heterocycles. The third-order valence-corrected chi connectivity index (χ3v) is 11.7. The van der Waals surface area contributed by atoms with Gasteiger partial charge in [-0.15, -0.1) is 11.3 Å². The van der Waals surface area contributed by atoms with Gasteiger partial charge in [0, 0.05) is 32.0 Å². The smallest absolute Gasteiger partial charge is 0.161 e. The van der Waals surface area contributed by atoms with Crippen molar-refractivity contribution in [2.24, 2.45) is 0 Å². The highest BCUT2D eigenvalue weighted by Gasteiger charge is 2.22. The van der Waals surface area contributed by atoms with Gasteiger partial charge in [0.15, 0.2) is 5.82 Å². The van der Waals surface area contributed by atoms with Gasteiger partial charge in [0.1, 0.15) is 11.2 Å². The summed E-state index contributed by atoms with van der Waals surface area (Å²) < 4.78 is 8.88. The molecule has 0 aliphatic rings. The van der Waals surface area contributed by atoms with E-state index in [1.807, 2.05) is 12.1 Å². The molecule has 4 heteroatoms. The number of thiophene rings is 1. The van der Waals surface area contributed by atoms with Crippen LogP contribution in [0.4, 0.5) is 0 Å². The Morgan fingerprint density at radius 2 is 1.07 bits per heavy atom. The van der Waals surface area contributed by atoms with E-state index >= 15 is 0 Å². The number of furan rings is 1. The molecule has 0 bridgehead atoms. The van der Waals surface area contributed by atoms with Crippen LogP contribution in [-0.4, -0.2) is 9.97 Å². The van der Waals surface area contributed by atoms with Crippen molar-refractivity contribution < 1.29 is 4.42 Å². The molecule has 3 aromatic heterocycles. The van der Waals surface area contributed by atoms with Gasteiger partial charge in [0.2, 0.25) is 0 Å². The van der Waals surface area contributed by atoms with Gasteiger partial charge < -0.3 is 4.42 Å². The van der Waals surface area contributed by atoms with Crippen LogP contribution in [0.1, 0.15) is 0 Å². The van der Waals surface area contributed by atoms with Gasteiger partial charge in [0.25, 0.3) is 0 Å². The number of hydrogen-bond donors (Lipinski definition) is 0. The molecule has 8 aromatic carbocycles. The van der Waals surface area contributed by atoms with Crippen LogP contribution in [-0.2, 0) is 0 Å². The van der Waals surface area contributed by atoms with E-state index in [0.717, 1.165) is 76.6 Å². The van der Waals surface area contributed by atoms with Crippen LogP contribution in [0, 0.1) is 0 Å². The van der Waals surface area contributed by atoms with Crippen molar-refractivity contribution in [1.29, 1.82) is 0 Å². The summed E-state index contributed by atoms with van der Waals surface area (Å²) >= 11 is 1.75. The van der Waals surface area contributed by atoms with E-state index in [1.165, 1.54) is 26.6 Å². The first-order valence-electron chi connectivity index (χ1n) is 18.1. The van der Waals surface area contributed by atoms with Gasteiger partial charge in [-0.05, 0) is 74.5 Å². The SMILES string of the molecule is c1ccc(-c2ccccc2-c2cc(-c3nc(-c4ccc(-c5ccc6ccccc6c5)cc4)c4sc5ccccc5c4n3)c3c(c2)oc2ccccc23)cc1. The van der Waals surface area contributed by atoms with E-state index in [0.29, 0.717) is 5.82 Å². The Kier molecular flexibility index (Phi) is 7.04. The van der Waals surface area contributed by atoms with Crippen molar-refractivity contribution >= 4 is 64.4 Å². The molecule has 0 saturated heterocycles. The van der Waals surface area contributed by atoms with E-state index in [4.69, 9.17) is 14.4 Å². The summed E-state index contributed by atoms with van der Waals surface area (Å²) in [5.74, 6) is 0.676. The minimum atomic E-state index is 0.676. The van der Waals surface area contributed by atoms with Gasteiger partial charge in [-0.2, -0.15) is 0 Å². The number of benzene rings is 8. The molecule has 54 heavy (non-hydrogen) atoms. The lowest BCUT2D eigenvalue weighted by molar-refractivity contribution is 0.669. The van der Waals surface area contributed by atoms with Gasteiger partial charge in [0.05, 0.1) is 15.9 Å². The van der Waals surface area contributed by atoms with E-state index in [9.17, 15) is 0 Å². The average molecular weight is 707 g/mol. The molecular formula is C50H30N2OS. The zero-order valence-corrected chi connectivity index (χ0v) is 29.8. The van der Waals surface area contributed by atoms with Crippen LogP contribution in [0.25, 0.3) is 109 Å². The zero-order chi connectivity index (χ0) is 35.6. The lowest BCUT2D eigenvalue weighted by Crippen LogP contribution is -1.95. The topological polar surface area (TPSA) is 38.9 Å². The molecule has 0 fully saturated rings. The van der Waals surface area contributed by atoms with Crippen LogP contribution < -0.4 is 0 Å². The van der Waals surface area contributed by atoms with Gasteiger partial charge in [-0.25, -0.2) is 9.97 Å². The van der Waals surface area contributed by atoms with Gasteiger partial charge in [-0.3, -0.25) is 0 Å². The molecule has 3 heterocycles. The minimum absolute atomic E-state index is 0.676. The number of nitrogens with zero attached hydrogens (tertiary/aromatic N) is 2. The maximum absolute atomic E-state index is 6.61. The van der Waals surface area contributed by atoms with E-state index in [-0.39, 0.29) is 0 Å². The number of rotatable bonds is 5. The molecule has 0 atom stereocenters. The van der Waals surface area contributed by atoms with Crippen molar-refractivity contribution in [3.8, 4) is 56.0 Å². The fourth-order valence-electron chi connectivity index (χ4n) is 7.89. The molecule has 0 radical (unpaired) electrons. The number of aromatic nitrogens is 2. The molecule has 0 amide bonds. The van der Waals surface area contributed by atoms with Crippen molar-refractivity contribution in [3.05, 3.63) is 182 Å². The summed E-state index contributed by atoms with van der Waals surface area (Å²) in [4.78, 5) is 10.9. The van der Waals surface area contributed by atoms with Crippen LogP contribution in [0.3, 0.4) is 0 Å². The summed E-state index contributed by atoms with van der Waals surface area (Å²) in [5.41, 5.74) is 12.4. The maximum atomic E-state index is 6.61. The molecular weight excluding hydrogens is 677 g/mol. The fraction of sp³-hybridized carbons (Fsp3) is 0. The average Bonchev–Trinajstić information content (AvgIpc) is 3.82. The first-order valence-corrected chi connectivity index (χ1v) is 19.0. The summed E-state index contributed by atoms with van der Waals surface area (Å²) in [7, 11) is 0. The van der Waals surface area contributed by atoms with Crippen LogP contribution in [0.2, 0.25) is 0 Å². The van der Waals surface area contributed by atoms with E-state index < -0.39 is 0 Å². The van der Waals surface area contributed by atoms with Crippen LogP contribution in [0.15, 0.2) is 186 Å². The monoisotopic (exact) mass is 706 g/mol. The van der Waals surface area contributed by atoms with Crippen LogP contribution >= 0.6 is 11.3 Å². The van der Waals surface area contributed by atoms with Crippen LogP contribution in [0.5, 0.6) is 0 Å². The Labute approximate surface area is 315 Å². The summed E-state index contributed by atoms with van der Waals surface area (Å²) in [6.45, 7) is 0. The van der Waals surface area contributed by atoms with E-state index in [1.54, 1.807) is 11.3 Å². The van der Waals surface area contributed by atoms with Gasteiger partial charge >= 0.3 is 0 Å². The lowest BCUT2D eigenvalue weighted by Gasteiger charge is -2.13. The third kappa shape index (κ3) is 5.03. The Morgan fingerprint density at radius 3 is 1.93 bits per heavy atom. The predicted octanol–water partition coefficient (Wildman–Crippen LogP) is 14.2. The number of hydrogen-bond acceptors (Lipinski definition) is 4. The zero-order valence-electron chi connectivity index (χ0n) is 29.0. The Balaban J connectivity index is 1.15. The fourth-order valence-corrected chi connectivity index (χ4v) is 9.04. The van der Waals surface area contributed by atoms with Crippen molar-refractivity contribution in [2.75, 3.05) is 0 Å². The molecule has 3 nitrogen and oxygen atoms in total. The first kappa shape index (κ1) is 30.7. The summed E-state index contributed by atoms with van der Waals surface area (Å²) in [6.07, 6.45) is 0. The predicted molar refractivity (Wildman–Crippen MR) is 227 cm³/mol. The van der Waals surface area contributed by atoms with Crippen molar-refractivity contribution in [2.45, 2.75) is 0 Å². The second kappa shape index (κ2) is 12.4. The first-order chi connectivity index (χ1) is 26.7. The minimum Gasteiger partial charge on any atom is -0.456 e. The maximum Gasteiger partial charge on any atom is 0.161 e. The highest BCUT2D eigenvalue weighted by Crippen LogP contribution is 2.44. The van der Waals surface area contributed by atoms with Crippen molar-refractivity contribution in [1.82, 2.24) is 9.97 Å². The Bertz CT molecular complexity index is 3210.